The van der Waals surface area contributed by atoms with Crippen LogP contribution in [-0.4, -0.2) is 36.0 Å². The van der Waals surface area contributed by atoms with E-state index in [2.05, 4.69) is 5.32 Å². The molecule has 0 spiro atoms. The van der Waals surface area contributed by atoms with Crippen LogP contribution >= 0.6 is 23.2 Å². The summed E-state index contributed by atoms with van der Waals surface area (Å²) in [5.41, 5.74) is 0.630. The number of halogens is 2. The zero-order valence-corrected chi connectivity index (χ0v) is 15.3. The number of carbonyl (C=O) groups excluding carboxylic acids is 2. The molecule has 2 atom stereocenters. The second-order valence-electron chi connectivity index (χ2n) is 5.21. The van der Waals surface area contributed by atoms with Crippen LogP contribution in [0, 0.1) is 5.92 Å². The number of hydrogen-bond acceptors (Lipinski definition) is 5. The first-order valence-corrected chi connectivity index (χ1v) is 8.28. The maximum absolute atomic E-state index is 11.7. The Morgan fingerprint density at radius 1 is 1.16 bits per heavy atom. The summed E-state index contributed by atoms with van der Waals surface area (Å²) in [6.07, 6.45) is -1.68. The Kier molecular flexibility index (Phi) is 8.51. The Hall–Kier alpha value is -1.99. The molecular weight excluding hydrogens is 373 g/mol. The van der Waals surface area contributed by atoms with Crippen LogP contribution in [0.1, 0.15) is 25.8 Å². The van der Waals surface area contributed by atoms with Crippen LogP contribution in [0.3, 0.4) is 0 Å². The second kappa shape index (κ2) is 10.1. The maximum Gasteiger partial charge on any atom is 0.410 e. The van der Waals surface area contributed by atoms with Crippen LogP contribution in [0.2, 0.25) is 10.0 Å². The molecule has 1 rings (SSSR count). The monoisotopic (exact) mass is 391 g/mol. The molecule has 0 aliphatic carbocycles. The van der Waals surface area contributed by atoms with Crippen molar-refractivity contribution in [3.8, 4) is 0 Å². The predicted molar refractivity (Wildman–Crippen MR) is 91.6 cm³/mol. The van der Waals surface area contributed by atoms with Gasteiger partial charge in [0.15, 0.2) is 0 Å². The first kappa shape index (κ1) is 21.1. The number of hydrogen-bond donors (Lipinski definition) is 2. The molecule has 0 aromatic heterocycles. The number of benzene rings is 1. The standard InChI is InChI=1S/C16H19Cl2NO6/c1-3-14(20)24-9(2)25-16(23)19-8-11(15(21)22)4-10-5-12(17)7-13(18)6-10/h5-7,9,11H,3-4,8H2,1-2H3,(H,19,23)(H,21,22)/t9-,11-/m0/s1. The van der Waals surface area contributed by atoms with Crippen LogP contribution in [0.4, 0.5) is 4.79 Å². The van der Waals surface area contributed by atoms with E-state index in [4.69, 9.17) is 32.7 Å². The summed E-state index contributed by atoms with van der Waals surface area (Å²) in [4.78, 5) is 34.1. The van der Waals surface area contributed by atoms with Crippen molar-refractivity contribution in [1.29, 1.82) is 0 Å². The number of alkyl carbamates (subject to hydrolysis) is 1. The SMILES string of the molecule is CCC(=O)O[C@H](C)OC(=O)NC[C@H](Cc1cc(Cl)cc(Cl)c1)C(=O)O. The lowest BCUT2D eigenvalue weighted by Gasteiger charge is -2.16. The molecule has 0 saturated carbocycles. The average Bonchev–Trinajstić information content (AvgIpc) is 2.49. The summed E-state index contributed by atoms with van der Waals surface area (Å²) in [6, 6.07) is 4.75. The van der Waals surface area contributed by atoms with E-state index in [-0.39, 0.29) is 19.4 Å². The molecule has 0 aliphatic heterocycles. The summed E-state index contributed by atoms with van der Waals surface area (Å²) >= 11 is 11.8. The third-order valence-electron chi connectivity index (χ3n) is 3.11. The molecule has 1 amide bonds. The fourth-order valence-corrected chi connectivity index (χ4v) is 2.52. The third kappa shape index (κ3) is 8.09. The molecule has 7 nitrogen and oxygen atoms in total. The number of nitrogens with one attached hydrogen (secondary N) is 1. The van der Waals surface area contributed by atoms with Crippen LogP contribution in [-0.2, 0) is 25.5 Å². The molecular formula is C16H19Cl2NO6. The lowest BCUT2D eigenvalue weighted by atomic mass is 9.99. The molecule has 0 bridgehead atoms. The number of ether oxygens (including phenoxy) is 2. The Labute approximate surface area is 155 Å². The van der Waals surface area contributed by atoms with E-state index in [0.717, 1.165) is 0 Å². The van der Waals surface area contributed by atoms with Gasteiger partial charge in [-0.25, -0.2) is 4.79 Å². The number of rotatable bonds is 8. The number of aliphatic carboxylic acids is 1. The van der Waals surface area contributed by atoms with Gasteiger partial charge in [0.2, 0.25) is 6.29 Å². The van der Waals surface area contributed by atoms with Gasteiger partial charge in [-0.2, -0.15) is 0 Å². The van der Waals surface area contributed by atoms with Gasteiger partial charge in [-0.15, -0.1) is 0 Å². The Morgan fingerprint density at radius 3 is 2.28 bits per heavy atom. The van der Waals surface area contributed by atoms with Gasteiger partial charge in [0.05, 0.1) is 5.92 Å². The van der Waals surface area contributed by atoms with Gasteiger partial charge in [-0.3, -0.25) is 9.59 Å². The van der Waals surface area contributed by atoms with E-state index in [0.29, 0.717) is 15.6 Å². The minimum Gasteiger partial charge on any atom is -0.481 e. The number of carboxylic acids is 1. The molecule has 0 aliphatic rings. The maximum atomic E-state index is 11.7. The molecule has 25 heavy (non-hydrogen) atoms. The van der Waals surface area contributed by atoms with Crippen molar-refractivity contribution >= 4 is 41.2 Å². The number of carboxylic acid groups (broad SMARTS) is 1. The second-order valence-corrected chi connectivity index (χ2v) is 6.09. The summed E-state index contributed by atoms with van der Waals surface area (Å²) in [6.45, 7) is 2.82. The van der Waals surface area contributed by atoms with E-state index in [1.807, 2.05) is 0 Å². The van der Waals surface area contributed by atoms with Crippen LogP contribution in [0.5, 0.6) is 0 Å². The molecule has 0 saturated heterocycles. The summed E-state index contributed by atoms with van der Waals surface area (Å²) in [5, 5.41) is 12.4. The first-order valence-electron chi connectivity index (χ1n) is 7.53. The Balaban J connectivity index is 2.56. The molecule has 1 aromatic carbocycles. The summed E-state index contributed by atoms with van der Waals surface area (Å²) in [7, 11) is 0. The number of carbonyl (C=O) groups is 3. The number of esters is 1. The summed E-state index contributed by atoms with van der Waals surface area (Å²) in [5.74, 6) is -2.51. The van der Waals surface area contributed by atoms with Crippen molar-refractivity contribution in [1.82, 2.24) is 5.32 Å². The van der Waals surface area contributed by atoms with Crippen molar-refractivity contribution in [2.75, 3.05) is 6.54 Å². The quantitative estimate of drug-likeness (QED) is 0.520. The van der Waals surface area contributed by atoms with Crippen LogP contribution in [0.25, 0.3) is 0 Å². The van der Waals surface area contributed by atoms with Gasteiger partial charge in [0.25, 0.3) is 0 Å². The number of amides is 1. The van der Waals surface area contributed by atoms with Gasteiger partial charge in [0.1, 0.15) is 0 Å². The minimum atomic E-state index is -1.10. The van der Waals surface area contributed by atoms with E-state index in [9.17, 15) is 19.5 Å². The fourth-order valence-electron chi connectivity index (χ4n) is 1.95. The highest BCUT2D eigenvalue weighted by Gasteiger charge is 2.21. The van der Waals surface area contributed by atoms with Crippen molar-refractivity contribution in [2.45, 2.75) is 33.0 Å². The van der Waals surface area contributed by atoms with E-state index < -0.39 is 30.2 Å². The predicted octanol–water partition coefficient (Wildman–Crippen LogP) is 3.26. The van der Waals surface area contributed by atoms with Crippen molar-refractivity contribution < 1.29 is 29.0 Å². The van der Waals surface area contributed by atoms with Gasteiger partial charge in [-0.1, -0.05) is 30.1 Å². The Bertz CT molecular complexity index is 617. The van der Waals surface area contributed by atoms with Gasteiger partial charge in [0, 0.05) is 29.9 Å². The molecule has 9 heteroatoms. The first-order chi connectivity index (χ1) is 11.7. The van der Waals surface area contributed by atoms with Crippen molar-refractivity contribution in [3.63, 3.8) is 0 Å². The van der Waals surface area contributed by atoms with Gasteiger partial charge in [-0.05, 0) is 30.2 Å². The lowest BCUT2D eigenvalue weighted by Crippen LogP contribution is -2.36. The molecule has 0 unspecified atom stereocenters. The summed E-state index contributed by atoms with van der Waals surface area (Å²) < 4.78 is 9.59. The highest BCUT2D eigenvalue weighted by Crippen LogP contribution is 2.21. The zero-order chi connectivity index (χ0) is 19.0. The molecule has 138 valence electrons. The van der Waals surface area contributed by atoms with Gasteiger partial charge >= 0.3 is 18.0 Å². The van der Waals surface area contributed by atoms with Crippen molar-refractivity contribution in [3.05, 3.63) is 33.8 Å². The highest BCUT2D eigenvalue weighted by atomic mass is 35.5. The smallest absolute Gasteiger partial charge is 0.410 e. The van der Waals surface area contributed by atoms with Crippen molar-refractivity contribution in [2.24, 2.45) is 5.92 Å². The molecule has 0 fully saturated rings. The minimum absolute atomic E-state index is 0.121. The molecule has 0 radical (unpaired) electrons. The van der Waals surface area contributed by atoms with Crippen LogP contribution < -0.4 is 5.32 Å². The molecule has 1 aromatic rings. The normalized spacial score (nSPS) is 12.8. The molecule has 2 N–H and O–H groups in total. The lowest BCUT2D eigenvalue weighted by molar-refractivity contribution is -0.164. The third-order valence-corrected chi connectivity index (χ3v) is 3.54. The van der Waals surface area contributed by atoms with E-state index in [1.54, 1.807) is 19.1 Å². The zero-order valence-electron chi connectivity index (χ0n) is 13.8. The van der Waals surface area contributed by atoms with E-state index in [1.165, 1.54) is 13.0 Å². The Morgan fingerprint density at radius 2 is 1.76 bits per heavy atom. The van der Waals surface area contributed by atoms with Gasteiger partial charge < -0.3 is 19.9 Å². The van der Waals surface area contributed by atoms with Crippen LogP contribution in [0.15, 0.2) is 18.2 Å². The largest absolute Gasteiger partial charge is 0.481 e. The molecule has 0 heterocycles. The topological polar surface area (TPSA) is 102 Å². The van der Waals surface area contributed by atoms with E-state index >= 15 is 0 Å². The average molecular weight is 392 g/mol. The highest BCUT2D eigenvalue weighted by molar-refractivity contribution is 6.34. The fraction of sp³-hybridized carbons (Fsp3) is 0.438.